The van der Waals surface area contributed by atoms with Gasteiger partial charge in [0, 0.05) is 21.4 Å². The zero-order valence-corrected chi connectivity index (χ0v) is 9.53. The number of hydrogen-bond acceptors (Lipinski definition) is 1. The van der Waals surface area contributed by atoms with E-state index in [0.717, 1.165) is 15.4 Å². The fraction of sp³-hybridized carbons (Fsp3) is 0. The van der Waals surface area contributed by atoms with Gasteiger partial charge >= 0.3 is 0 Å². The van der Waals surface area contributed by atoms with Crippen LogP contribution in [0, 0.1) is 0 Å². The van der Waals surface area contributed by atoms with Gasteiger partial charge in [-0.2, -0.15) is 0 Å². The zero-order chi connectivity index (χ0) is 10.3. The molecule has 15 heavy (non-hydrogen) atoms. The molecule has 3 rings (SSSR count). The molecule has 0 saturated heterocycles. The van der Waals surface area contributed by atoms with Crippen molar-refractivity contribution in [2.75, 3.05) is 0 Å². The molecule has 0 N–H and O–H groups in total. The Kier molecular flexibility index (Phi) is 1.96. The Morgan fingerprint density at radius 3 is 2.67 bits per heavy atom. The summed E-state index contributed by atoms with van der Waals surface area (Å²) in [4.78, 5) is 4.44. The maximum absolute atomic E-state index is 4.44. The van der Waals surface area contributed by atoms with Crippen molar-refractivity contribution in [3.05, 3.63) is 53.1 Å². The topological polar surface area (TPSA) is 12.9 Å². The maximum atomic E-state index is 4.44. The first-order valence-corrected chi connectivity index (χ1v) is 5.57. The Labute approximate surface area is 95.9 Å². The SMILES string of the molecule is Brc1ccnc2c1ccc1ccccc12. The van der Waals surface area contributed by atoms with Crippen molar-refractivity contribution in [2.45, 2.75) is 0 Å². The summed E-state index contributed by atoms with van der Waals surface area (Å²) in [6.45, 7) is 0. The Hall–Kier alpha value is -1.41. The number of hydrogen-bond donors (Lipinski definition) is 0. The minimum atomic E-state index is 1.06. The van der Waals surface area contributed by atoms with Crippen LogP contribution in [-0.4, -0.2) is 4.98 Å². The van der Waals surface area contributed by atoms with Crippen LogP contribution in [0.2, 0.25) is 0 Å². The normalized spacial score (nSPS) is 11.0. The minimum Gasteiger partial charge on any atom is -0.256 e. The first-order valence-electron chi connectivity index (χ1n) is 4.78. The summed E-state index contributed by atoms with van der Waals surface area (Å²) >= 11 is 3.54. The molecule has 1 nitrogen and oxygen atoms in total. The van der Waals surface area contributed by atoms with E-state index >= 15 is 0 Å². The third-order valence-electron chi connectivity index (χ3n) is 2.58. The van der Waals surface area contributed by atoms with E-state index in [4.69, 9.17) is 0 Å². The van der Waals surface area contributed by atoms with Crippen LogP contribution in [0.5, 0.6) is 0 Å². The van der Waals surface area contributed by atoms with Crippen molar-refractivity contribution in [1.82, 2.24) is 4.98 Å². The first-order chi connectivity index (χ1) is 7.36. The number of halogens is 1. The Balaban J connectivity index is 2.60. The van der Waals surface area contributed by atoms with Gasteiger partial charge in [-0.3, -0.25) is 4.98 Å². The van der Waals surface area contributed by atoms with Crippen LogP contribution in [0.15, 0.2) is 53.1 Å². The molecule has 2 aromatic carbocycles. The van der Waals surface area contributed by atoms with Crippen molar-refractivity contribution in [3.63, 3.8) is 0 Å². The third-order valence-corrected chi connectivity index (χ3v) is 3.27. The van der Waals surface area contributed by atoms with Crippen molar-refractivity contribution in [2.24, 2.45) is 0 Å². The second-order valence-electron chi connectivity index (χ2n) is 3.48. The van der Waals surface area contributed by atoms with Crippen molar-refractivity contribution in [3.8, 4) is 0 Å². The number of benzene rings is 2. The van der Waals surface area contributed by atoms with Crippen molar-refractivity contribution in [1.29, 1.82) is 0 Å². The van der Waals surface area contributed by atoms with E-state index in [0.29, 0.717) is 0 Å². The smallest absolute Gasteiger partial charge is 0.0791 e. The minimum absolute atomic E-state index is 1.06. The van der Waals surface area contributed by atoms with E-state index in [9.17, 15) is 0 Å². The van der Waals surface area contributed by atoms with E-state index in [1.807, 2.05) is 24.4 Å². The van der Waals surface area contributed by atoms with E-state index in [1.165, 1.54) is 10.8 Å². The lowest BCUT2D eigenvalue weighted by Crippen LogP contribution is -1.81. The lowest BCUT2D eigenvalue weighted by Gasteiger charge is -2.03. The third kappa shape index (κ3) is 1.33. The summed E-state index contributed by atoms with van der Waals surface area (Å²) in [7, 11) is 0. The number of rotatable bonds is 0. The van der Waals surface area contributed by atoms with Crippen LogP contribution in [-0.2, 0) is 0 Å². The average molecular weight is 258 g/mol. The highest BCUT2D eigenvalue weighted by Gasteiger charge is 2.02. The number of fused-ring (bicyclic) bond motifs is 3. The number of pyridine rings is 1. The standard InChI is InChI=1S/C13H8BrN/c14-12-7-8-15-13-10-4-2-1-3-9(10)5-6-11(12)13/h1-8H. The quantitative estimate of drug-likeness (QED) is 0.552. The molecule has 1 aromatic heterocycles. The Morgan fingerprint density at radius 1 is 0.867 bits per heavy atom. The molecule has 0 radical (unpaired) electrons. The van der Waals surface area contributed by atoms with E-state index in [2.05, 4.69) is 45.2 Å². The Morgan fingerprint density at radius 2 is 1.73 bits per heavy atom. The second kappa shape index (κ2) is 3.31. The van der Waals surface area contributed by atoms with Gasteiger partial charge in [0.25, 0.3) is 0 Å². The van der Waals surface area contributed by atoms with Crippen LogP contribution in [0.4, 0.5) is 0 Å². The van der Waals surface area contributed by atoms with Crippen LogP contribution >= 0.6 is 15.9 Å². The highest BCUT2D eigenvalue weighted by Crippen LogP contribution is 2.28. The number of nitrogens with zero attached hydrogens (tertiary/aromatic N) is 1. The summed E-state index contributed by atoms with van der Waals surface area (Å²) in [6.07, 6.45) is 1.83. The van der Waals surface area contributed by atoms with Crippen LogP contribution in [0.25, 0.3) is 21.7 Å². The van der Waals surface area contributed by atoms with Gasteiger partial charge < -0.3 is 0 Å². The van der Waals surface area contributed by atoms with E-state index < -0.39 is 0 Å². The van der Waals surface area contributed by atoms with Crippen LogP contribution in [0.3, 0.4) is 0 Å². The molecule has 3 aromatic rings. The summed E-state index contributed by atoms with van der Waals surface area (Å²) in [5, 5.41) is 3.60. The molecule has 0 unspecified atom stereocenters. The van der Waals surface area contributed by atoms with Gasteiger partial charge in [-0.1, -0.05) is 52.3 Å². The first kappa shape index (κ1) is 8.86. The van der Waals surface area contributed by atoms with Gasteiger partial charge in [-0.15, -0.1) is 0 Å². The molecule has 72 valence electrons. The van der Waals surface area contributed by atoms with Gasteiger partial charge in [0.05, 0.1) is 5.52 Å². The summed E-state index contributed by atoms with van der Waals surface area (Å²) in [5.74, 6) is 0. The molecule has 0 spiro atoms. The van der Waals surface area contributed by atoms with Gasteiger partial charge in [-0.25, -0.2) is 0 Å². The fourth-order valence-electron chi connectivity index (χ4n) is 1.85. The average Bonchev–Trinajstić information content (AvgIpc) is 2.29. The molecule has 0 aliphatic carbocycles. The van der Waals surface area contributed by atoms with Crippen molar-refractivity contribution >= 4 is 37.6 Å². The molecular weight excluding hydrogens is 250 g/mol. The molecule has 0 atom stereocenters. The van der Waals surface area contributed by atoms with Gasteiger partial charge in [0.1, 0.15) is 0 Å². The predicted octanol–water partition coefficient (Wildman–Crippen LogP) is 4.15. The molecule has 2 heteroatoms. The van der Waals surface area contributed by atoms with Gasteiger partial charge in [-0.05, 0) is 11.5 Å². The fourth-order valence-corrected chi connectivity index (χ4v) is 2.29. The molecule has 0 fully saturated rings. The van der Waals surface area contributed by atoms with Gasteiger partial charge in [0.15, 0.2) is 0 Å². The molecule has 0 aliphatic heterocycles. The highest BCUT2D eigenvalue weighted by atomic mass is 79.9. The van der Waals surface area contributed by atoms with Gasteiger partial charge in [0.2, 0.25) is 0 Å². The van der Waals surface area contributed by atoms with Crippen LogP contribution in [0.1, 0.15) is 0 Å². The van der Waals surface area contributed by atoms with E-state index in [-0.39, 0.29) is 0 Å². The summed E-state index contributed by atoms with van der Waals surface area (Å²) in [6, 6.07) is 14.5. The molecular formula is C13H8BrN. The molecule has 1 heterocycles. The molecule has 0 bridgehead atoms. The lowest BCUT2D eigenvalue weighted by atomic mass is 10.1. The summed E-state index contributed by atoms with van der Waals surface area (Å²) in [5.41, 5.74) is 1.06. The van der Waals surface area contributed by atoms with Crippen LogP contribution < -0.4 is 0 Å². The molecule has 0 amide bonds. The Bertz CT molecular complexity index is 646. The van der Waals surface area contributed by atoms with E-state index in [1.54, 1.807) is 0 Å². The zero-order valence-electron chi connectivity index (χ0n) is 7.94. The summed E-state index contributed by atoms with van der Waals surface area (Å²) < 4.78 is 1.10. The number of aromatic nitrogens is 1. The highest BCUT2D eigenvalue weighted by molar-refractivity contribution is 9.10. The molecule has 0 aliphatic rings. The molecule has 0 saturated carbocycles. The van der Waals surface area contributed by atoms with Crippen molar-refractivity contribution < 1.29 is 0 Å². The lowest BCUT2D eigenvalue weighted by molar-refractivity contribution is 1.42. The monoisotopic (exact) mass is 257 g/mol. The second-order valence-corrected chi connectivity index (χ2v) is 4.33. The predicted molar refractivity (Wildman–Crippen MR) is 66.9 cm³/mol. The maximum Gasteiger partial charge on any atom is 0.0791 e. The largest absolute Gasteiger partial charge is 0.256 e.